The Balaban J connectivity index is 2.55. The van der Waals surface area contributed by atoms with Gasteiger partial charge >= 0.3 is 0 Å². The molecule has 0 saturated carbocycles. The fourth-order valence-electron chi connectivity index (χ4n) is 1.62. The Kier molecular flexibility index (Phi) is 1.74. The second-order valence-corrected chi connectivity index (χ2v) is 3.71. The van der Waals surface area contributed by atoms with Crippen molar-refractivity contribution < 1.29 is 9.59 Å². The number of hydrogen-bond donors (Lipinski definition) is 1. The number of hydrogen-bond acceptors (Lipinski definition) is 2. The fourth-order valence-corrected chi connectivity index (χ4v) is 1.62. The third kappa shape index (κ3) is 0.999. The van der Waals surface area contributed by atoms with E-state index in [0.717, 1.165) is 0 Å². The van der Waals surface area contributed by atoms with Crippen LogP contribution in [0.2, 0.25) is 0 Å². The van der Waals surface area contributed by atoms with Crippen LogP contribution in [0.4, 0.5) is 0 Å². The smallest absolute Gasteiger partial charge is 0.269 e. The van der Waals surface area contributed by atoms with Crippen molar-refractivity contribution in [2.24, 2.45) is 0 Å². The summed E-state index contributed by atoms with van der Waals surface area (Å²) in [7, 11) is 0. The molecule has 4 heteroatoms. The number of nitrogens with zero attached hydrogens (tertiary/aromatic N) is 1. The minimum Gasteiger partial charge on any atom is -0.337 e. The molecule has 1 aromatic rings. The van der Waals surface area contributed by atoms with Gasteiger partial charge in [0, 0.05) is 6.20 Å². The summed E-state index contributed by atoms with van der Waals surface area (Å²) in [6.07, 6.45) is 2.22. The van der Waals surface area contributed by atoms with Gasteiger partial charge in [0.05, 0.1) is 0 Å². The van der Waals surface area contributed by atoms with Gasteiger partial charge in [-0.3, -0.25) is 14.2 Å². The Bertz CT molecular complexity index is 408. The van der Waals surface area contributed by atoms with E-state index in [1.807, 2.05) is 6.92 Å². The Labute approximate surface area is 81.9 Å². The third-order valence-corrected chi connectivity index (χ3v) is 2.77. The lowest BCUT2D eigenvalue weighted by atomic mass is 9.95. The standard InChI is InChI=1S/C10H12N2O2/c1-3-10(2)9(14)12-6-4-5-7(12)8(13)11-10/h4-6H,3H2,1-2H3,(H,11,13). The van der Waals surface area contributed by atoms with Gasteiger partial charge in [0.1, 0.15) is 11.2 Å². The SMILES string of the molecule is CCC1(C)NC(=O)c2cccn2C1=O. The Hall–Kier alpha value is -1.58. The van der Waals surface area contributed by atoms with Crippen LogP contribution in [0.15, 0.2) is 18.3 Å². The first-order valence-corrected chi connectivity index (χ1v) is 4.63. The molecular weight excluding hydrogens is 180 g/mol. The molecule has 1 aliphatic heterocycles. The lowest BCUT2D eigenvalue weighted by Gasteiger charge is -2.32. The molecule has 0 aliphatic carbocycles. The Morgan fingerprint density at radius 2 is 2.21 bits per heavy atom. The van der Waals surface area contributed by atoms with Crippen LogP contribution in [0, 0.1) is 0 Å². The second-order valence-electron chi connectivity index (χ2n) is 3.71. The van der Waals surface area contributed by atoms with Crippen molar-refractivity contribution in [2.45, 2.75) is 25.8 Å². The van der Waals surface area contributed by atoms with Crippen molar-refractivity contribution in [1.29, 1.82) is 0 Å². The van der Waals surface area contributed by atoms with Crippen molar-refractivity contribution in [2.75, 3.05) is 0 Å². The van der Waals surface area contributed by atoms with Gasteiger partial charge in [-0.25, -0.2) is 0 Å². The normalized spacial score (nSPS) is 25.9. The Morgan fingerprint density at radius 3 is 2.86 bits per heavy atom. The molecule has 4 nitrogen and oxygen atoms in total. The van der Waals surface area contributed by atoms with E-state index < -0.39 is 5.54 Å². The predicted molar refractivity (Wildman–Crippen MR) is 51.2 cm³/mol. The number of nitrogens with one attached hydrogen (secondary N) is 1. The molecule has 1 aromatic heterocycles. The number of fused-ring (bicyclic) bond motifs is 1. The molecule has 1 unspecified atom stereocenters. The van der Waals surface area contributed by atoms with Gasteiger partial charge < -0.3 is 5.32 Å². The van der Waals surface area contributed by atoms with E-state index in [1.54, 1.807) is 25.3 Å². The highest BCUT2D eigenvalue weighted by molar-refractivity contribution is 6.06. The average Bonchev–Trinajstić information content (AvgIpc) is 2.63. The monoisotopic (exact) mass is 192 g/mol. The minimum absolute atomic E-state index is 0.0698. The van der Waals surface area contributed by atoms with Gasteiger partial charge in [-0.15, -0.1) is 0 Å². The number of aromatic nitrogens is 1. The third-order valence-electron chi connectivity index (χ3n) is 2.77. The van der Waals surface area contributed by atoms with Crippen molar-refractivity contribution in [1.82, 2.24) is 9.88 Å². The van der Waals surface area contributed by atoms with Crippen LogP contribution in [0.1, 0.15) is 35.6 Å². The summed E-state index contributed by atoms with van der Waals surface area (Å²) in [6.45, 7) is 3.63. The van der Waals surface area contributed by atoms with Crippen LogP contribution in [-0.2, 0) is 0 Å². The highest BCUT2D eigenvalue weighted by Gasteiger charge is 2.40. The van der Waals surface area contributed by atoms with Gasteiger partial charge in [0.15, 0.2) is 0 Å². The molecule has 0 radical (unpaired) electrons. The molecule has 0 fully saturated rings. The molecule has 2 heterocycles. The Morgan fingerprint density at radius 1 is 1.50 bits per heavy atom. The highest BCUT2D eigenvalue weighted by Crippen LogP contribution is 2.20. The largest absolute Gasteiger partial charge is 0.337 e. The van der Waals surface area contributed by atoms with E-state index in [4.69, 9.17) is 0 Å². The molecule has 1 atom stereocenters. The van der Waals surface area contributed by atoms with Crippen LogP contribution in [-0.4, -0.2) is 21.9 Å². The molecule has 0 bridgehead atoms. The molecule has 1 N–H and O–H groups in total. The van der Waals surface area contributed by atoms with Gasteiger partial charge in [-0.2, -0.15) is 0 Å². The number of carbonyl (C=O) groups is 2. The van der Waals surface area contributed by atoms with Gasteiger partial charge in [-0.1, -0.05) is 6.92 Å². The number of rotatable bonds is 1. The summed E-state index contributed by atoms with van der Waals surface area (Å²) >= 11 is 0. The summed E-state index contributed by atoms with van der Waals surface area (Å²) in [4.78, 5) is 23.5. The topological polar surface area (TPSA) is 51.1 Å². The fraction of sp³-hybridized carbons (Fsp3) is 0.400. The van der Waals surface area contributed by atoms with E-state index in [2.05, 4.69) is 5.32 Å². The lowest BCUT2D eigenvalue weighted by Crippen LogP contribution is -2.58. The highest BCUT2D eigenvalue weighted by atomic mass is 16.2. The molecule has 74 valence electrons. The molecular formula is C10H12N2O2. The van der Waals surface area contributed by atoms with Gasteiger partial charge in [-0.05, 0) is 25.5 Å². The predicted octanol–water partition coefficient (Wildman–Crippen LogP) is 1.04. The lowest BCUT2D eigenvalue weighted by molar-refractivity contribution is 0.0658. The van der Waals surface area contributed by atoms with Crippen molar-refractivity contribution in [3.05, 3.63) is 24.0 Å². The van der Waals surface area contributed by atoms with Crippen LogP contribution in [0.25, 0.3) is 0 Å². The number of amides is 1. The van der Waals surface area contributed by atoms with Crippen molar-refractivity contribution in [3.63, 3.8) is 0 Å². The zero-order valence-corrected chi connectivity index (χ0v) is 8.20. The van der Waals surface area contributed by atoms with Crippen molar-refractivity contribution in [3.8, 4) is 0 Å². The summed E-state index contributed by atoms with van der Waals surface area (Å²) in [5.74, 6) is -0.251. The first kappa shape index (κ1) is 8.99. The summed E-state index contributed by atoms with van der Waals surface area (Å²) < 4.78 is 1.42. The van der Waals surface area contributed by atoms with Crippen molar-refractivity contribution >= 4 is 11.8 Å². The van der Waals surface area contributed by atoms with Crippen LogP contribution < -0.4 is 5.32 Å². The zero-order valence-electron chi connectivity index (χ0n) is 8.20. The first-order chi connectivity index (χ1) is 6.58. The summed E-state index contributed by atoms with van der Waals surface area (Å²) in [6, 6.07) is 3.34. The van der Waals surface area contributed by atoms with E-state index in [1.165, 1.54) is 4.57 Å². The second kappa shape index (κ2) is 2.70. The van der Waals surface area contributed by atoms with Gasteiger partial charge in [0.2, 0.25) is 0 Å². The summed E-state index contributed by atoms with van der Waals surface area (Å²) in [5, 5.41) is 2.73. The van der Waals surface area contributed by atoms with E-state index in [9.17, 15) is 9.59 Å². The molecule has 0 aromatic carbocycles. The molecule has 1 amide bonds. The average molecular weight is 192 g/mol. The maximum Gasteiger partial charge on any atom is 0.269 e. The molecule has 2 rings (SSSR count). The van der Waals surface area contributed by atoms with E-state index in [-0.39, 0.29) is 11.8 Å². The molecule has 0 spiro atoms. The van der Waals surface area contributed by atoms with Crippen LogP contribution >= 0.6 is 0 Å². The van der Waals surface area contributed by atoms with E-state index in [0.29, 0.717) is 12.1 Å². The quantitative estimate of drug-likeness (QED) is 0.722. The first-order valence-electron chi connectivity index (χ1n) is 4.63. The van der Waals surface area contributed by atoms with Gasteiger partial charge in [0.25, 0.3) is 11.8 Å². The molecule has 0 saturated heterocycles. The molecule has 14 heavy (non-hydrogen) atoms. The zero-order chi connectivity index (χ0) is 10.3. The maximum atomic E-state index is 11.9. The molecule has 1 aliphatic rings. The van der Waals surface area contributed by atoms with E-state index >= 15 is 0 Å². The maximum absolute atomic E-state index is 11.9. The van der Waals surface area contributed by atoms with Crippen LogP contribution in [0.5, 0.6) is 0 Å². The summed E-state index contributed by atoms with van der Waals surface area (Å²) in [5.41, 5.74) is -0.343. The van der Waals surface area contributed by atoms with Crippen LogP contribution in [0.3, 0.4) is 0 Å². The number of carbonyl (C=O) groups excluding carboxylic acids is 2. The minimum atomic E-state index is -0.761.